The molecule has 10 heteroatoms. The molecule has 0 aliphatic rings. The summed E-state index contributed by atoms with van der Waals surface area (Å²) in [6.45, 7) is 0. The van der Waals surface area contributed by atoms with Crippen molar-refractivity contribution in [2.24, 2.45) is 7.05 Å². The van der Waals surface area contributed by atoms with Gasteiger partial charge in [0, 0.05) is 0 Å². The third kappa shape index (κ3) is 2.08. The molecule has 0 aliphatic carbocycles. The van der Waals surface area contributed by atoms with Gasteiger partial charge in [0.1, 0.15) is 5.88 Å². The maximum atomic E-state index is 10.8. The molecule has 0 unspecified atom stereocenters. The van der Waals surface area contributed by atoms with E-state index >= 15 is 0 Å². The minimum atomic E-state index is -4.72. The van der Waals surface area contributed by atoms with E-state index in [4.69, 9.17) is 16.2 Å². The molecular weight excluding hydrogens is 250 g/mol. The highest BCUT2D eigenvalue weighted by Gasteiger charge is 2.32. The molecule has 0 aliphatic heterocycles. The fourth-order valence-electron chi connectivity index (χ4n) is 1.00. The van der Waals surface area contributed by atoms with E-state index in [0.29, 0.717) is 0 Å². The molecule has 0 aromatic carbocycles. The summed E-state index contributed by atoms with van der Waals surface area (Å²) in [6.07, 6.45) is 0. The van der Waals surface area contributed by atoms with Crippen molar-refractivity contribution in [1.82, 2.24) is 9.55 Å². The van der Waals surface area contributed by atoms with Gasteiger partial charge < -0.3 is 10.1 Å². The number of nitrogens with zero attached hydrogens (tertiary/aromatic N) is 3. The van der Waals surface area contributed by atoms with Crippen molar-refractivity contribution in [2.75, 3.05) is 0 Å². The number of alkyl halides is 1. The van der Waals surface area contributed by atoms with E-state index in [9.17, 15) is 18.5 Å². The number of imidazole rings is 1. The zero-order valence-corrected chi connectivity index (χ0v) is 8.99. The summed E-state index contributed by atoms with van der Waals surface area (Å²) in [4.78, 5) is 13.0. The van der Waals surface area contributed by atoms with Crippen molar-refractivity contribution in [3.63, 3.8) is 0 Å². The Morgan fingerprint density at radius 3 is 2.47 bits per heavy atom. The molecule has 84 valence electrons. The summed E-state index contributed by atoms with van der Waals surface area (Å²) in [5.74, 6) is -1.03. The monoisotopic (exact) mass is 255 g/mol. The second-order valence-corrected chi connectivity index (χ2v) is 4.19. The van der Waals surface area contributed by atoms with E-state index < -0.39 is 25.9 Å². The maximum absolute atomic E-state index is 10.8. The lowest BCUT2D eigenvalue weighted by atomic mass is 10.7. The van der Waals surface area contributed by atoms with Crippen LogP contribution in [0.2, 0.25) is 0 Å². The summed E-state index contributed by atoms with van der Waals surface area (Å²) >= 11 is 5.39. The molecule has 1 heterocycles. The quantitative estimate of drug-likeness (QED) is 0.360. The van der Waals surface area contributed by atoms with E-state index in [2.05, 4.69) is 4.98 Å². The second-order valence-electron chi connectivity index (χ2n) is 2.58. The van der Waals surface area contributed by atoms with Crippen LogP contribution in [-0.4, -0.2) is 27.4 Å². The van der Waals surface area contributed by atoms with E-state index in [1.54, 1.807) is 0 Å². The van der Waals surface area contributed by atoms with Crippen LogP contribution in [-0.2, 0) is 23.0 Å². The topological polar surface area (TPSA) is 115 Å². The highest BCUT2D eigenvalue weighted by Crippen LogP contribution is 2.24. The van der Waals surface area contributed by atoms with Gasteiger partial charge in [0.25, 0.3) is 5.03 Å². The van der Waals surface area contributed by atoms with Crippen LogP contribution in [0.1, 0.15) is 5.82 Å². The lowest BCUT2D eigenvalue weighted by Crippen LogP contribution is -2.05. The van der Waals surface area contributed by atoms with Crippen molar-refractivity contribution in [3.8, 4) is 0 Å². The lowest BCUT2D eigenvalue weighted by Gasteiger charge is -1.96. The van der Waals surface area contributed by atoms with Crippen molar-refractivity contribution < 1.29 is 17.9 Å². The first-order chi connectivity index (χ1) is 6.79. The SMILES string of the molecule is Cn1c(CCl)nc(S(=O)(=O)O)c1[N+](=O)[O-]. The van der Waals surface area contributed by atoms with E-state index in [0.717, 1.165) is 4.57 Å². The zero-order chi connectivity index (χ0) is 11.8. The Balaban J connectivity index is 3.60. The molecule has 1 aromatic rings. The maximum Gasteiger partial charge on any atom is 0.364 e. The predicted octanol–water partition coefficient (Wildman–Crippen LogP) is 0.314. The highest BCUT2D eigenvalue weighted by molar-refractivity contribution is 7.85. The largest absolute Gasteiger partial charge is 0.364 e. The summed E-state index contributed by atoms with van der Waals surface area (Å²) in [7, 11) is -3.49. The second kappa shape index (κ2) is 3.76. The number of rotatable bonds is 3. The Morgan fingerprint density at radius 1 is 1.67 bits per heavy atom. The average molecular weight is 256 g/mol. The van der Waals surface area contributed by atoms with Crippen molar-refractivity contribution in [1.29, 1.82) is 0 Å². The number of hydrogen-bond acceptors (Lipinski definition) is 5. The molecular formula is C5H6ClN3O5S. The molecule has 0 saturated carbocycles. The van der Waals surface area contributed by atoms with Crippen LogP contribution in [0.4, 0.5) is 5.82 Å². The van der Waals surface area contributed by atoms with Gasteiger partial charge in [-0.1, -0.05) is 0 Å². The fraction of sp³-hybridized carbons (Fsp3) is 0.400. The average Bonchev–Trinajstić information content (AvgIpc) is 2.41. The molecule has 0 spiro atoms. The van der Waals surface area contributed by atoms with Gasteiger partial charge in [-0.3, -0.25) is 4.55 Å². The molecule has 1 rings (SSSR count). The zero-order valence-electron chi connectivity index (χ0n) is 7.42. The van der Waals surface area contributed by atoms with Crippen molar-refractivity contribution in [3.05, 3.63) is 15.9 Å². The highest BCUT2D eigenvalue weighted by atomic mass is 35.5. The minimum absolute atomic E-state index is 0.0176. The van der Waals surface area contributed by atoms with Crippen LogP contribution >= 0.6 is 11.6 Å². The molecule has 0 amide bonds. The molecule has 0 bridgehead atoms. The molecule has 1 aromatic heterocycles. The number of hydrogen-bond donors (Lipinski definition) is 1. The van der Waals surface area contributed by atoms with Gasteiger partial charge in [-0.05, 0) is 4.92 Å². The minimum Gasteiger partial charge on any atom is -0.358 e. The normalized spacial score (nSPS) is 11.7. The first-order valence-electron chi connectivity index (χ1n) is 3.52. The van der Waals surface area contributed by atoms with Gasteiger partial charge in [0.05, 0.1) is 7.05 Å². The van der Waals surface area contributed by atoms with Gasteiger partial charge in [-0.25, -0.2) is 4.57 Å². The molecule has 1 N–H and O–H groups in total. The smallest absolute Gasteiger partial charge is 0.358 e. The third-order valence-electron chi connectivity index (χ3n) is 1.66. The lowest BCUT2D eigenvalue weighted by molar-refractivity contribution is -0.395. The van der Waals surface area contributed by atoms with E-state index in [-0.39, 0.29) is 11.7 Å². The predicted molar refractivity (Wildman–Crippen MR) is 49.2 cm³/mol. The molecule has 0 atom stereocenters. The fourth-order valence-corrected chi connectivity index (χ4v) is 1.90. The van der Waals surface area contributed by atoms with Crippen LogP contribution in [0.5, 0.6) is 0 Å². The summed E-state index contributed by atoms with van der Waals surface area (Å²) < 4.78 is 31.1. The summed E-state index contributed by atoms with van der Waals surface area (Å²) in [5.41, 5.74) is 0. The number of halogens is 1. The van der Waals surface area contributed by atoms with Gasteiger partial charge in [0.15, 0.2) is 0 Å². The van der Waals surface area contributed by atoms with Crippen LogP contribution in [0.3, 0.4) is 0 Å². The Bertz CT molecular complexity index is 507. The van der Waals surface area contributed by atoms with Crippen LogP contribution < -0.4 is 0 Å². The van der Waals surface area contributed by atoms with Gasteiger partial charge in [-0.15, -0.1) is 11.6 Å². The Kier molecular flexibility index (Phi) is 2.98. The van der Waals surface area contributed by atoms with Crippen molar-refractivity contribution in [2.45, 2.75) is 10.9 Å². The Labute approximate surface area is 89.4 Å². The van der Waals surface area contributed by atoms with E-state index in [1.807, 2.05) is 0 Å². The molecule has 8 nitrogen and oxygen atoms in total. The standard InChI is InChI=1S/C5H6ClN3O5S/c1-8-3(2-6)7-4(15(12,13)14)5(8)9(10)11/h2H2,1H3,(H,12,13,14). The first kappa shape index (κ1) is 11.9. The molecule has 0 radical (unpaired) electrons. The summed E-state index contributed by atoms with van der Waals surface area (Å²) in [5, 5.41) is 9.55. The van der Waals surface area contributed by atoms with Gasteiger partial charge in [-0.2, -0.15) is 13.4 Å². The molecule has 0 saturated heterocycles. The Hall–Kier alpha value is -1.19. The van der Waals surface area contributed by atoms with Gasteiger partial charge >= 0.3 is 15.9 Å². The number of nitro groups is 1. The summed E-state index contributed by atoms with van der Waals surface area (Å²) in [6, 6.07) is 0. The van der Waals surface area contributed by atoms with Gasteiger partial charge in [0.2, 0.25) is 5.82 Å². The molecule has 15 heavy (non-hydrogen) atoms. The Morgan fingerprint density at radius 2 is 2.20 bits per heavy atom. The van der Waals surface area contributed by atoms with Crippen LogP contribution in [0.15, 0.2) is 5.03 Å². The number of aromatic nitrogens is 2. The van der Waals surface area contributed by atoms with Crippen LogP contribution in [0, 0.1) is 10.1 Å². The first-order valence-corrected chi connectivity index (χ1v) is 5.50. The third-order valence-corrected chi connectivity index (χ3v) is 2.67. The van der Waals surface area contributed by atoms with E-state index in [1.165, 1.54) is 7.05 Å². The van der Waals surface area contributed by atoms with Crippen molar-refractivity contribution >= 4 is 27.5 Å². The molecule has 0 fully saturated rings. The van der Waals surface area contributed by atoms with Crippen LogP contribution in [0.25, 0.3) is 0 Å².